The van der Waals surface area contributed by atoms with Gasteiger partial charge in [0.25, 0.3) is 0 Å². The highest BCUT2D eigenvalue weighted by molar-refractivity contribution is 5.25. The van der Waals surface area contributed by atoms with Gasteiger partial charge in [0.15, 0.2) is 0 Å². The predicted molar refractivity (Wildman–Crippen MR) is 66.0 cm³/mol. The molecule has 2 heterocycles. The fourth-order valence-electron chi connectivity index (χ4n) is 1.88. The van der Waals surface area contributed by atoms with Crippen molar-refractivity contribution in [1.29, 1.82) is 0 Å². The minimum atomic E-state index is 0.0322. The molecule has 90 valence electrons. The number of hydrogen-bond donors (Lipinski definition) is 2. The number of nitrogens with two attached hydrogens (primary N) is 1. The van der Waals surface area contributed by atoms with Crippen LogP contribution in [0.1, 0.15) is 23.0 Å². The predicted octanol–water partition coefficient (Wildman–Crippen LogP) is 0.871. The largest absolute Gasteiger partial charge is 0.338 e. The summed E-state index contributed by atoms with van der Waals surface area (Å²) in [7, 11) is 1.98. The second kappa shape index (κ2) is 5.07. The Kier molecular flexibility index (Phi) is 3.51. The Labute approximate surface area is 101 Å². The average molecular weight is 231 g/mol. The lowest BCUT2D eigenvalue weighted by Crippen LogP contribution is -2.30. The number of hydrogen-bond acceptors (Lipinski definition) is 4. The summed E-state index contributed by atoms with van der Waals surface area (Å²) in [5.41, 5.74) is 5.12. The number of imidazole rings is 1. The van der Waals surface area contributed by atoms with Gasteiger partial charge in [0, 0.05) is 38.3 Å². The standard InChI is InChI=1S/C12H17N5/c1-9-3-4-14-8-10(9)11(16-13)7-12-15-5-6-17(12)2/h3-6,8,11,16H,7,13H2,1-2H3. The van der Waals surface area contributed by atoms with Crippen LogP contribution in [0.2, 0.25) is 0 Å². The molecule has 0 aliphatic heterocycles. The molecule has 0 saturated heterocycles. The minimum Gasteiger partial charge on any atom is -0.338 e. The molecule has 1 atom stereocenters. The van der Waals surface area contributed by atoms with Crippen molar-refractivity contribution >= 4 is 0 Å². The van der Waals surface area contributed by atoms with Crippen LogP contribution in [0.25, 0.3) is 0 Å². The Morgan fingerprint density at radius 1 is 1.47 bits per heavy atom. The van der Waals surface area contributed by atoms with Gasteiger partial charge in [-0.2, -0.15) is 0 Å². The Morgan fingerprint density at radius 3 is 2.88 bits per heavy atom. The van der Waals surface area contributed by atoms with Crippen LogP contribution in [0.4, 0.5) is 0 Å². The maximum Gasteiger partial charge on any atom is 0.110 e. The third-order valence-electron chi connectivity index (χ3n) is 2.96. The van der Waals surface area contributed by atoms with Gasteiger partial charge in [-0.1, -0.05) is 0 Å². The van der Waals surface area contributed by atoms with Gasteiger partial charge in [-0.3, -0.25) is 16.3 Å². The second-order valence-corrected chi connectivity index (χ2v) is 4.11. The van der Waals surface area contributed by atoms with Gasteiger partial charge < -0.3 is 4.57 Å². The van der Waals surface area contributed by atoms with Crippen molar-refractivity contribution in [3.8, 4) is 0 Å². The first-order chi connectivity index (χ1) is 8.22. The molecule has 1 unspecified atom stereocenters. The summed E-state index contributed by atoms with van der Waals surface area (Å²) in [6, 6.07) is 2.02. The van der Waals surface area contributed by atoms with Crippen molar-refractivity contribution in [2.24, 2.45) is 12.9 Å². The summed E-state index contributed by atoms with van der Waals surface area (Å²) in [5, 5.41) is 0. The van der Waals surface area contributed by atoms with Gasteiger partial charge >= 0.3 is 0 Å². The molecule has 0 aliphatic rings. The van der Waals surface area contributed by atoms with E-state index in [-0.39, 0.29) is 6.04 Å². The number of nitrogens with zero attached hydrogens (tertiary/aromatic N) is 3. The van der Waals surface area contributed by atoms with Crippen LogP contribution in [0, 0.1) is 6.92 Å². The van der Waals surface area contributed by atoms with Gasteiger partial charge in [0.2, 0.25) is 0 Å². The molecule has 0 amide bonds. The normalized spacial score (nSPS) is 12.6. The van der Waals surface area contributed by atoms with Crippen molar-refractivity contribution in [2.75, 3.05) is 0 Å². The van der Waals surface area contributed by atoms with Gasteiger partial charge in [-0.05, 0) is 24.1 Å². The van der Waals surface area contributed by atoms with Crippen LogP contribution in [0.5, 0.6) is 0 Å². The lowest BCUT2D eigenvalue weighted by Gasteiger charge is -2.17. The van der Waals surface area contributed by atoms with E-state index in [0.29, 0.717) is 0 Å². The second-order valence-electron chi connectivity index (χ2n) is 4.11. The van der Waals surface area contributed by atoms with Gasteiger partial charge in [0.05, 0.1) is 6.04 Å². The van der Waals surface area contributed by atoms with Gasteiger partial charge in [-0.15, -0.1) is 0 Å². The average Bonchev–Trinajstić information content (AvgIpc) is 2.73. The number of aromatic nitrogens is 3. The molecule has 5 heteroatoms. The molecule has 2 rings (SSSR count). The monoisotopic (exact) mass is 231 g/mol. The molecule has 0 bridgehead atoms. The molecule has 0 aliphatic carbocycles. The quantitative estimate of drug-likeness (QED) is 0.605. The van der Waals surface area contributed by atoms with E-state index in [1.54, 1.807) is 12.4 Å². The highest BCUT2D eigenvalue weighted by Crippen LogP contribution is 2.19. The number of aryl methyl sites for hydroxylation is 2. The topological polar surface area (TPSA) is 68.8 Å². The van der Waals surface area contributed by atoms with Crippen molar-refractivity contribution in [1.82, 2.24) is 20.0 Å². The molecule has 0 spiro atoms. The fraction of sp³-hybridized carbons (Fsp3) is 0.333. The lowest BCUT2D eigenvalue weighted by molar-refractivity contribution is 0.526. The first-order valence-corrected chi connectivity index (χ1v) is 5.55. The molecule has 3 N–H and O–H groups in total. The van der Waals surface area contributed by atoms with Gasteiger partial charge in [0.1, 0.15) is 5.82 Å². The zero-order valence-corrected chi connectivity index (χ0v) is 10.1. The first-order valence-electron chi connectivity index (χ1n) is 5.55. The zero-order chi connectivity index (χ0) is 12.3. The Morgan fingerprint density at radius 2 is 2.29 bits per heavy atom. The van der Waals surface area contributed by atoms with Gasteiger partial charge in [-0.25, -0.2) is 4.98 Å². The van der Waals surface area contributed by atoms with Crippen molar-refractivity contribution in [3.05, 3.63) is 47.8 Å². The smallest absolute Gasteiger partial charge is 0.110 e. The summed E-state index contributed by atoms with van der Waals surface area (Å²) in [5.74, 6) is 6.62. The Hall–Kier alpha value is -1.72. The lowest BCUT2D eigenvalue weighted by atomic mass is 10.0. The third-order valence-corrected chi connectivity index (χ3v) is 2.96. The summed E-state index contributed by atoms with van der Waals surface area (Å²) < 4.78 is 2.00. The Balaban J connectivity index is 2.23. The summed E-state index contributed by atoms with van der Waals surface area (Å²) >= 11 is 0. The van der Waals surface area contributed by atoms with E-state index in [1.807, 2.05) is 30.1 Å². The van der Waals surface area contributed by atoms with Crippen LogP contribution in [-0.4, -0.2) is 14.5 Å². The number of rotatable bonds is 4. The maximum absolute atomic E-state index is 5.63. The third kappa shape index (κ3) is 2.51. The summed E-state index contributed by atoms with van der Waals surface area (Å²) in [6.45, 7) is 2.06. The number of pyridine rings is 1. The molecule has 0 aromatic carbocycles. The molecule has 0 fully saturated rings. The molecule has 2 aromatic rings. The fourth-order valence-corrected chi connectivity index (χ4v) is 1.88. The van der Waals surface area contributed by atoms with E-state index in [1.165, 1.54) is 5.56 Å². The molecule has 0 radical (unpaired) electrons. The van der Waals surface area contributed by atoms with Crippen molar-refractivity contribution in [2.45, 2.75) is 19.4 Å². The molecule has 17 heavy (non-hydrogen) atoms. The van der Waals surface area contributed by atoms with E-state index in [0.717, 1.165) is 17.8 Å². The van der Waals surface area contributed by atoms with E-state index < -0.39 is 0 Å². The van der Waals surface area contributed by atoms with Crippen LogP contribution >= 0.6 is 0 Å². The van der Waals surface area contributed by atoms with E-state index in [9.17, 15) is 0 Å². The molecule has 0 saturated carbocycles. The van der Waals surface area contributed by atoms with Crippen LogP contribution in [0.15, 0.2) is 30.9 Å². The van der Waals surface area contributed by atoms with E-state index in [4.69, 9.17) is 5.84 Å². The SMILES string of the molecule is Cc1ccncc1C(Cc1nccn1C)NN. The van der Waals surface area contributed by atoms with Crippen molar-refractivity contribution in [3.63, 3.8) is 0 Å². The van der Waals surface area contributed by atoms with E-state index in [2.05, 4.69) is 22.3 Å². The number of nitrogens with one attached hydrogen (secondary N) is 1. The van der Waals surface area contributed by atoms with Crippen LogP contribution in [0.3, 0.4) is 0 Å². The Bertz CT molecular complexity index is 491. The highest BCUT2D eigenvalue weighted by atomic mass is 15.2. The van der Waals surface area contributed by atoms with Crippen molar-refractivity contribution < 1.29 is 0 Å². The maximum atomic E-state index is 5.63. The number of hydrazine groups is 1. The minimum absolute atomic E-state index is 0.0322. The van der Waals surface area contributed by atoms with E-state index >= 15 is 0 Å². The molecular weight excluding hydrogens is 214 g/mol. The highest BCUT2D eigenvalue weighted by Gasteiger charge is 2.15. The van der Waals surface area contributed by atoms with Crippen LogP contribution < -0.4 is 11.3 Å². The molecule has 2 aromatic heterocycles. The van der Waals surface area contributed by atoms with Crippen LogP contribution in [-0.2, 0) is 13.5 Å². The summed E-state index contributed by atoms with van der Waals surface area (Å²) in [4.78, 5) is 8.45. The zero-order valence-electron chi connectivity index (χ0n) is 10.1. The molecular formula is C12H17N5. The first kappa shape index (κ1) is 11.8. The summed E-state index contributed by atoms with van der Waals surface area (Å²) in [6.07, 6.45) is 8.10. The molecule has 5 nitrogen and oxygen atoms in total.